The molecular formula is C95H186O17P2. The Morgan fingerprint density at radius 1 is 0.246 bits per heavy atom. The second kappa shape index (κ2) is 86.0. The lowest BCUT2D eigenvalue weighted by atomic mass is 9.99. The Bertz CT molecular complexity index is 2170. The molecule has 0 saturated heterocycles. The Balaban J connectivity index is 5.22. The van der Waals surface area contributed by atoms with Crippen molar-refractivity contribution in [3.8, 4) is 0 Å². The number of phosphoric acid groups is 2. The van der Waals surface area contributed by atoms with Crippen molar-refractivity contribution >= 4 is 39.5 Å². The van der Waals surface area contributed by atoms with E-state index in [0.717, 1.165) is 102 Å². The van der Waals surface area contributed by atoms with Crippen LogP contribution in [0.5, 0.6) is 0 Å². The van der Waals surface area contributed by atoms with Crippen LogP contribution < -0.4 is 0 Å². The molecule has 0 aliphatic heterocycles. The zero-order valence-corrected chi connectivity index (χ0v) is 77.2. The van der Waals surface area contributed by atoms with E-state index >= 15 is 0 Å². The third-order valence-electron chi connectivity index (χ3n) is 23.2. The van der Waals surface area contributed by atoms with Crippen molar-refractivity contribution in [2.24, 2.45) is 11.8 Å². The van der Waals surface area contributed by atoms with Gasteiger partial charge in [-0.25, -0.2) is 9.13 Å². The fourth-order valence-electron chi connectivity index (χ4n) is 14.9. The van der Waals surface area contributed by atoms with Gasteiger partial charge in [0.25, 0.3) is 0 Å². The molecule has 19 heteroatoms. The summed E-state index contributed by atoms with van der Waals surface area (Å²) < 4.78 is 69.2. The molecule has 0 fully saturated rings. The van der Waals surface area contributed by atoms with Crippen molar-refractivity contribution in [2.45, 2.75) is 535 Å². The van der Waals surface area contributed by atoms with E-state index in [1.807, 2.05) is 0 Å². The van der Waals surface area contributed by atoms with E-state index in [4.69, 9.17) is 37.0 Å². The van der Waals surface area contributed by atoms with E-state index in [1.165, 1.54) is 334 Å². The standard InChI is InChI=1S/C95H186O17P2/c1-7-11-13-15-17-19-21-22-23-24-25-33-38-43-49-55-61-67-73-79-94(99)111-90(83-105-92(97)77-71-65-59-53-45-20-18-16-14-12-8-2)85-109-113(101,102)107-81-89(96)82-108-114(103,104)110-86-91(112-95(100)80-74-68-62-56-50-44-39-34-29-27-31-36-41-47-52-58-64-70-76-88(6)10-4)84-106-93(98)78-72-66-60-54-48-42-37-32-28-26-30-35-40-46-51-57-63-69-75-87(5)9-3/h87-91,96H,7-86H2,1-6H3,(H,101,102)(H,103,104)/t87?,88?,89-,90+,91+/m0/s1. The number of phosphoric ester groups is 2. The van der Waals surface area contributed by atoms with Crippen LogP contribution in [0, 0.1) is 11.8 Å². The molecule has 0 heterocycles. The van der Waals surface area contributed by atoms with Crippen LogP contribution in [0.15, 0.2) is 0 Å². The normalized spacial score (nSPS) is 14.1. The molecule has 0 aromatic rings. The van der Waals surface area contributed by atoms with Gasteiger partial charge in [-0.1, -0.05) is 465 Å². The van der Waals surface area contributed by atoms with Crippen LogP contribution in [0.1, 0.15) is 517 Å². The minimum absolute atomic E-state index is 0.109. The summed E-state index contributed by atoms with van der Waals surface area (Å²) in [5.74, 6) is -0.345. The largest absolute Gasteiger partial charge is 0.472 e. The summed E-state index contributed by atoms with van der Waals surface area (Å²) in [5.41, 5.74) is 0. The number of carbonyl (C=O) groups is 4. The maximum absolute atomic E-state index is 13.2. The van der Waals surface area contributed by atoms with Crippen molar-refractivity contribution in [2.75, 3.05) is 39.6 Å². The first-order valence-electron chi connectivity index (χ1n) is 49.1. The predicted octanol–water partition coefficient (Wildman–Crippen LogP) is 29.7. The van der Waals surface area contributed by atoms with Gasteiger partial charge in [-0.05, 0) is 37.5 Å². The van der Waals surface area contributed by atoms with E-state index in [2.05, 4.69) is 41.5 Å². The molecule has 0 radical (unpaired) electrons. The van der Waals surface area contributed by atoms with Gasteiger partial charge >= 0.3 is 39.5 Å². The molecule has 4 unspecified atom stereocenters. The second-order valence-electron chi connectivity index (χ2n) is 34.6. The maximum atomic E-state index is 13.2. The number of ether oxygens (including phenoxy) is 4. The Hall–Kier alpha value is -1.94. The highest BCUT2D eigenvalue weighted by Gasteiger charge is 2.31. The highest BCUT2D eigenvalue weighted by Crippen LogP contribution is 2.45. The number of aliphatic hydroxyl groups excluding tert-OH is 1. The molecule has 0 spiro atoms. The molecule has 3 N–H and O–H groups in total. The van der Waals surface area contributed by atoms with Gasteiger partial charge in [-0.15, -0.1) is 0 Å². The zero-order chi connectivity index (χ0) is 83.4. The predicted molar refractivity (Wildman–Crippen MR) is 474 cm³/mol. The summed E-state index contributed by atoms with van der Waals surface area (Å²) in [4.78, 5) is 73.5. The molecule has 0 aromatic carbocycles. The molecule has 0 bridgehead atoms. The molecule has 0 aromatic heterocycles. The van der Waals surface area contributed by atoms with Gasteiger partial charge in [0.1, 0.15) is 19.3 Å². The number of carbonyl (C=O) groups excluding carboxylic acids is 4. The minimum atomic E-state index is -4.97. The molecule has 114 heavy (non-hydrogen) atoms. The third-order valence-corrected chi connectivity index (χ3v) is 25.1. The van der Waals surface area contributed by atoms with E-state index in [1.54, 1.807) is 0 Å². The summed E-state index contributed by atoms with van der Waals surface area (Å²) >= 11 is 0. The molecule has 678 valence electrons. The average molecular weight is 1660 g/mol. The smallest absolute Gasteiger partial charge is 0.462 e. The number of esters is 4. The summed E-state index contributed by atoms with van der Waals surface area (Å²) in [6.07, 6.45) is 82.0. The highest BCUT2D eigenvalue weighted by molar-refractivity contribution is 7.47. The number of hydrogen-bond donors (Lipinski definition) is 3. The minimum Gasteiger partial charge on any atom is -0.462 e. The van der Waals surface area contributed by atoms with Crippen LogP contribution in [0.25, 0.3) is 0 Å². The molecule has 17 nitrogen and oxygen atoms in total. The monoisotopic (exact) mass is 1660 g/mol. The number of aliphatic hydroxyl groups is 1. The first kappa shape index (κ1) is 112. The Kier molecular flexibility index (Phi) is 84.6. The lowest BCUT2D eigenvalue weighted by Gasteiger charge is -2.21. The van der Waals surface area contributed by atoms with Crippen molar-refractivity contribution in [3.05, 3.63) is 0 Å². The molecule has 0 saturated carbocycles. The lowest BCUT2D eigenvalue weighted by molar-refractivity contribution is -0.161. The number of rotatable bonds is 94. The molecule has 0 rings (SSSR count). The van der Waals surface area contributed by atoms with Crippen LogP contribution in [-0.4, -0.2) is 96.7 Å². The van der Waals surface area contributed by atoms with E-state index < -0.39 is 97.5 Å². The van der Waals surface area contributed by atoms with Crippen LogP contribution >= 0.6 is 15.6 Å². The summed E-state index contributed by atoms with van der Waals surface area (Å²) in [6.45, 7) is 9.86. The number of unbranched alkanes of at least 4 members (excludes halogenated alkanes) is 62. The lowest BCUT2D eigenvalue weighted by Crippen LogP contribution is -2.30. The van der Waals surface area contributed by atoms with Crippen molar-refractivity contribution < 1.29 is 80.2 Å². The molecule has 0 aliphatic carbocycles. The number of hydrogen-bond acceptors (Lipinski definition) is 15. The second-order valence-corrected chi connectivity index (χ2v) is 37.5. The van der Waals surface area contributed by atoms with Crippen molar-refractivity contribution in [3.63, 3.8) is 0 Å². The molecule has 0 amide bonds. The average Bonchev–Trinajstić information content (AvgIpc) is 0.898. The van der Waals surface area contributed by atoms with Gasteiger partial charge < -0.3 is 33.8 Å². The van der Waals surface area contributed by atoms with E-state index in [9.17, 15) is 43.2 Å². The first-order valence-corrected chi connectivity index (χ1v) is 52.1. The van der Waals surface area contributed by atoms with Gasteiger partial charge in [-0.2, -0.15) is 0 Å². The molecular weight excluding hydrogens is 1470 g/mol. The fourth-order valence-corrected chi connectivity index (χ4v) is 16.5. The van der Waals surface area contributed by atoms with Crippen LogP contribution in [0.4, 0.5) is 0 Å². The van der Waals surface area contributed by atoms with E-state index in [0.29, 0.717) is 25.7 Å². The quantitative estimate of drug-likeness (QED) is 0.0222. The summed E-state index contributed by atoms with van der Waals surface area (Å²) in [6, 6.07) is 0. The summed E-state index contributed by atoms with van der Waals surface area (Å²) in [5, 5.41) is 10.7. The zero-order valence-electron chi connectivity index (χ0n) is 75.4. The van der Waals surface area contributed by atoms with Crippen molar-refractivity contribution in [1.29, 1.82) is 0 Å². The van der Waals surface area contributed by atoms with Crippen LogP contribution in [0.3, 0.4) is 0 Å². The fraction of sp³-hybridized carbons (Fsp3) is 0.958. The topological polar surface area (TPSA) is 237 Å². The Morgan fingerprint density at radius 3 is 0.623 bits per heavy atom. The molecule has 0 aliphatic rings. The summed E-state index contributed by atoms with van der Waals surface area (Å²) in [7, 11) is -9.94. The van der Waals surface area contributed by atoms with Gasteiger partial charge in [-0.3, -0.25) is 37.3 Å². The Labute approximate surface area is 702 Å². The van der Waals surface area contributed by atoms with E-state index in [-0.39, 0.29) is 25.7 Å². The SMILES string of the molecule is CCCCCCCCCCCCCCCCCCCCCC(=O)O[C@H](COC(=O)CCCCCCCCCCCCC)COP(=O)(O)OC[C@H](O)COP(=O)(O)OC[C@@H](COC(=O)CCCCCCCCCCCCCCCCCCCCC(C)CC)OC(=O)CCCCCCCCCCCCCCCCCCCCC(C)CC. The highest BCUT2D eigenvalue weighted by atomic mass is 31.2. The van der Waals surface area contributed by atoms with Gasteiger partial charge in [0.15, 0.2) is 12.2 Å². The van der Waals surface area contributed by atoms with Crippen LogP contribution in [-0.2, 0) is 65.4 Å². The molecule has 7 atom stereocenters. The Morgan fingerprint density at radius 2 is 0.421 bits per heavy atom. The first-order chi connectivity index (χ1) is 55.4. The van der Waals surface area contributed by atoms with Gasteiger partial charge in [0.05, 0.1) is 26.4 Å². The van der Waals surface area contributed by atoms with Crippen LogP contribution in [0.2, 0.25) is 0 Å². The van der Waals surface area contributed by atoms with Crippen molar-refractivity contribution in [1.82, 2.24) is 0 Å². The van der Waals surface area contributed by atoms with Gasteiger partial charge in [0.2, 0.25) is 0 Å². The third kappa shape index (κ3) is 85.1. The maximum Gasteiger partial charge on any atom is 0.472 e. The van der Waals surface area contributed by atoms with Gasteiger partial charge in [0, 0.05) is 25.7 Å².